The van der Waals surface area contributed by atoms with Crippen molar-refractivity contribution in [3.05, 3.63) is 0 Å². The van der Waals surface area contributed by atoms with E-state index in [4.69, 9.17) is 0 Å². The summed E-state index contributed by atoms with van der Waals surface area (Å²) in [4.78, 5) is 2.54. The van der Waals surface area contributed by atoms with Gasteiger partial charge in [0.1, 0.15) is 0 Å². The van der Waals surface area contributed by atoms with E-state index < -0.39 is 0 Å². The molecule has 1 saturated heterocycles. The van der Waals surface area contributed by atoms with Crippen molar-refractivity contribution in [1.82, 2.24) is 10.2 Å². The molecular formula is C14H28N2O. The average molecular weight is 240 g/mol. The Balaban J connectivity index is 1.75. The van der Waals surface area contributed by atoms with Crippen molar-refractivity contribution in [2.45, 2.75) is 58.0 Å². The van der Waals surface area contributed by atoms with E-state index in [0.29, 0.717) is 18.7 Å². The standard InChI is InChI=1S/C14H28N2O/c1-12(2)16-8-5-13(9-16)15-10-14(11-17)6-3-4-7-14/h12-13,15,17H,3-11H2,1-2H3. The molecule has 0 spiro atoms. The number of nitrogens with one attached hydrogen (secondary N) is 1. The third-order valence-corrected chi connectivity index (χ3v) is 4.72. The summed E-state index contributed by atoms with van der Waals surface area (Å²) in [6, 6.07) is 1.31. The highest BCUT2D eigenvalue weighted by atomic mass is 16.3. The van der Waals surface area contributed by atoms with Crippen molar-refractivity contribution in [1.29, 1.82) is 0 Å². The van der Waals surface area contributed by atoms with Gasteiger partial charge in [0.05, 0.1) is 0 Å². The van der Waals surface area contributed by atoms with Crippen molar-refractivity contribution in [2.75, 3.05) is 26.2 Å². The lowest BCUT2D eigenvalue weighted by molar-refractivity contribution is 0.124. The van der Waals surface area contributed by atoms with Gasteiger partial charge in [0, 0.05) is 37.2 Å². The van der Waals surface area contributed by atoms with E-state index in [2.05, 4.69) is 24.1 Å². The molecule has 1 aliphatic carbocycles. The molecule has 0 radical (unpaired) electrons. The van der Waals surface area contributed by atoms with Crippen molar-refractivity contribution in [3.8, 4) is 0 Å². The molecule has 1 aliphatic heterocycles. The predicted molar refractivity (Wildman–Crippen MR) is 71.1 cm³/mol. The van der Waals surface area contributed by atoms with Crippen LogP contribution >= 0.6 is 0 Å². The summed E-state index contributed by atoms with van der Waals surface area (Å²) in [7, 11) is 0. The molecule has 17 heavy (non-hydrogen) atoms. The van der Waals surface area contributed by atoms with Crippen LogP contribution < -0.4 is 5.32 Å². The van der Waals surface area contributed by atoms with Crippen LogP contribution in [0.4, 0.5) is 0 Å². The molecule has 0 bridgehead atoms. The molecular weight excluding hydrogens is 212 g/mol. The molecule has 2 rings (SSSR count). The van der Waals surface area contributed by atoms with Crippen LogP contribution in [-0.2, 0) is 0 Å². The number of likely N-dealkylation sites (tertiary alicyclic amines) is 1. The van der Waals surface area contributed by atoms with Crippen LogP contribution in [0.1, 0.15) is 46.0 Å². The zero-order valence-electron chi connectivity index (χ0n) is 11.4. The predicted octanol–water partition coefficient (Wildman–Crippen LogP) is 1.61. The molecule has 2 N–H and O–H groups in total. The molecule has 100 valence electrons. The molecule has 3 nitrogen and oxygen atoms in total. The van der Waals surface area contributed by atoms with E-state index in [-0.39, 0.29) is 5.41 Å². The minimum absolute atomic E-state index is 0.200. The number of nitrogens with zero attached hydrogens (tertiary/aromatic N) is 1. The summed E-state index contributed by atoms with van der Waals surface area (Å²) in [6.07, 6.45) is 6.27. The van der Waals surface area contributed by atoms with Crippen LogP contribution in [0.15, 0.2) is 0 Å². The third kappa shape index (κ3) is 3.21. The molecule has 1 atom stereocenters. The van der Waals surface area contributed by atoms with E-state index in [0.717, 1.165) is 6.54 Å². The lowest BCUT2D eigenvalue weighted by Gasteiger charge is -2.29. The number of aliphatic hydroxyl groups excluding tert-OH is 1. The number of hydrogen-bond acceptors (Lipinski definition) is 3. The maximum atomic E-state index is 9.58. The van der Waals surface area contributed by atoms with Crippen molar-refractivity contribution in [2.24, 2.45) is 5.41 Å². The highest BCUT2D eigenvalue weighted by Crippen LogP contribution is 2.37. The minimum atomic E-state index is 0.200. The molecule has 0 aromatic rings. The zero-order chi connectivity index (χ0) is 12.3. The fraction of sp³-hybridized carbons (Fsp3) is 1.00. The van der Waals surface area contributed by atoms with Gasteiger partial charge in [-0.2, -0.15) is 0 Å². The first-order chi connectivity index (χ1) is 8.15. The normalized spacial score (nSPS) is 29.3. The quantitative estimate of drug-likeness (QED) is 0.766. The van der Waals surface area contributed by atoms with Gasteiger partial charge in [-0.05, 0) is 39.7 Å². The number of hydrogen-bond donors (Lipinski definition) is 2. The highest BCUT2D eigenvalue weighted by molar-refractivity contribution is 4.89. The Morgan fingerprint density at radius 1 is 1.35 bits per heavy atom. The molecule has 0 aromatic heterocycles. The smallest absolute Gasteiger partial charge is 0.0499 e. The van der Waals surface area contributed by atoms with Gasteiger partial charge in [-0.1, -0.05) is 12.8 Å². The summed E-state index contributed by atoms with van der Waals surface area (Å²) >= 11 is 0. The summed E-state index contributed by atoms with van der Waals surface area (Å²) < 4.78 is 0. The van der Waals surface area contributed by atoms with Crippen LogP contribution in [0.2, 0.25) is 0 Å². The average Bonchev–Trinajstić information content (AvgIpc) is 2.96. The first kappa shape index (κ1) is 13.3. The monoisotopic (exact) mass is 240 g/mol. The number of aliphatic hydroxyl groups is 1. The molecule has 0 amide bonds. The molecule has 2 aliphatic rings. The van der Waals surface area contributed by atoms with Crippen LogP contribution in [0.5, 0.6) is 0 Å². The van der Waals surface area contributed by atoms with Crippen molar-refractivity contribution in [3.63, 3.8) is 0 Å². The van der Waals surface area contributed by atoms with Crippen LogP contribution in [0, 0.1) is 5.41 Å². The lowest BCUT2D eigenvalue weighted by atomic mass is 9.87. The Morgan fingerprint density at radius 2 is 2.06 bits per heavy atom. The van der Waals surface area contributed by atoms with Crippen LogP contribution in [-0.4, -0.2) is 48.3 Å². The summed E-state index contributed by atoms with van der Waals surface area (Å²) in [6.45, 7) is 8.32. The minimum Gasteiger partial charge on any atom is -0.396 e. The highest BCUT2D eigenvalue weighted by Gasteiger charge is 2.34. The topological polar surface area (TPSA) is 35.5 Å². The SMILES string of the molecule is CC(C)N1CCC(NCC2(CO)CCCC2)C1. The first-order valence-electron chi connectivity index (χ1n) is 7.23. The Labute approximate surface area is 106 Å². The van der Waals surface area contributed by atoms with Crippen LogP contribution in [0.3, 0.4) is 0 Å². The van der Waals surface area contributed by atoms with Gasteiger partial charge in [-0.3, -0.25) is 4.90 Å². The Bertz CT molecular complexity index is 236. The second-order valence-corrected chi connectivity index (χ2v) is 6.32. The molecule has 2 fully saturated rings. The fourth-order valence-electron chi connectivity index (χ4n) is 3.30. The molecule has 3 heteroatoms. The number of rotatable bonds is 5. The zero-order valence-corrected chi connectivity index (χ0v) is 11.4. The van der Waals surface area contributed by atoms with Gasteiger partial charge in [-0.25, -0.2) is 0 Å². The van der Waals surface area contributed by atoms with Gasteiger partial charge < -0.3 is 10.4 Å². The van der Waals surface area contributed by atoms with E-state index >= 15 is 0 Å². The first-order valence-corrected chi connectivity index (χ1v) is 7.23. The van der Waals surface area contributed by atoms with Crippen molar-refractivity contribution >= 4 is 0 Å². The van der Waals surface area contributed by atoms with E-state index in [1.807, 2.05) is 0 Å². The second kappa shape index (κ2) is 5.68. The van der Waals surface area contributed by atoms with Gasteiger partial charge in [0.2, 0.25) is 0 Å². The van der Waals surface area contributed by atoms with E-state index in [9.17, 15) is 5.11 Å². The van der Waals surface area contributed by atoms with Gasteiger partial charge in [0.25, 0.3) is 0 Å². The molecule has 1 saturated carbocycles. The largest absolute Gasteiger partial charge is 0.396 e. The maximum Gasteiger partial charge on any atom is 0.0499 e. The molecule has 1 heterocycles. The summed E-state index contributed by atoms with van der Waals surface area (Å²) in [5.41, 5.74) is 0.200. The third-order valence-electron chi connectivity index (χ3n) is 4.72. The Hall–Kier alpha value is -0.120. The summed E-state index contributed by atoms with van der Waals surface area (Å²) in [5, 5.41) is 13.3. The molecule has 0 aromatic carbocycles. The summed E-state index contributed by atoms with van der Waals surface area (Å²) in [5.74, 6) is 0. The second-order valence-electron chi connectivity index (χ2n) is 6.32. The van der Waals surface area contributed by atoms with Crippen LogP contribution in [0.25, 0.3) is 0 Å². The van der Waals surface area contributed by atoms with Gasteiger partial charge in [0.15, 0.2) is 0 Å². The Morgan fingerprint density at radius 3 is 2.59 bits per heavy atom. The fourth-order valence-corrected chi connectivity index (χ4v) is 3.30. The van der Waals surface area contributed by atoms with Gasteiger partial charge >= 0.3 is 0 Å². The Kier molecular flexibility index (Phi) is 4.45. The van der Waals surface area contributed by atoms with Gasteiger partial charge in [-0.15, -0.1) is 0 Å². The molecule has 1 unspecified atom stereocenters. The van der Waals surface area contributed by atoms with E-state index in [1.165, 1.54) is 45.2 Å². The van der Waals surface area contributed by atoms with Crippen molar-refractivity contribution < 1.29 is 5.11 Å². The lowest BCUT2D eigenvalue weighted by Crippen LogP contribution is -2.42. The van der Waals surface area contributed by atoms with E-state index in [1.54, 1.807) is 0 Å². The maximum absolute atomic E-state index is 9.58.